The van der Waals surface area contributed by atoms with Crippen molar-refractivity contribution in [1.82, 2.24) is 0 Å². The molecule has 1 aromatic rings. The minimum Gasteiger partial charge on any atom is -0.398 e. The lowest BCUT2D eigenvalue weighted by Gasteiger charge is -2.19. The van der Waals surface area contributed by atoms with Gasteiger partial charge in [-0.1, -0.05) is 26.0 Å². The van der Waals surface area contributed by atoms with Crippen LogP contribution in [0.4, 0.5) is 18.9 Å². The molecule has 0 aliphatic heterocycles. The van der Waals surface area contributed by atoms with Crippen molar-refractivity contribution in [2.45, 2.75) is 38.9 Å². The lowest BCUT2D eigenvalue weighted by Crippen LogP contribution is -2.28. The second-order valence-electron chi connectivity index (χ2n) is 3.98. The summed E-state index contributed by atoms with van der Waals surface area (Å²) >= 11 is 0. The Labute approximate surface area is 98.8 Å². The Bertz CT molecular complexity index is 374. The molecule has 4 N–H and O–H groups in total. The molecule has 0 saturated heterocycles. The van der Waals surface area contributed by atoms with Gasteiger partial charge in [-0.2, -0.15) is 13.2 Å². The molecule has 0 heterocycles. The molecule has 0 amide bonds. The van der Waals surface area contributed by atoms with Gasteiger partial charge in [0.1, 0.15) is 6.04 Å². The number of hydrogen-bond donors (Lipinski definition) is 2. The van der Waals surface area contributed by atoms with Gasteiger partial charge in [0.15, 0.2) is 0 Å². The van der Waals surface area contributed by atoms with Crippen molar-refractivity contribution in [3.8, 4) is 0 Å². The van der Waals surface area contributed by atoms with Crippen LogP contribution in [0.1, 0.15) is 36.6 Å². The minimum atomic E-state index is -4.42. The fourth-order valence-electron chi connectivity index (χ4n) is 1.76. The van der Waals surface area contributed by atoms with Crippen LogP contribution in [0.25, 0.3) is 0 Å². The van der Waals surface area contributed by atoms with E-state index in [9.17, 15) is 13.2 Å². The Hall–Kier alpha value is -1.23. The fraction of sp³-hybridized carbons (Fsp3) is 0.500. The number of aryl methyl sites for hydroxylation is 2. The largest absolute Gasteiger partial charge is 0.407 e. The quantitative estimate of drug-likeness (QED) is 0.805. The van der Waals surface area contributed by atoms with Gasteiger partial charge in [-0.15, -0.1) is 0 Å². The summed E-state index contributed by atoms with van der Waals surface area (Å²) < 4.78 is 37.7. The first kappa shape index (κ1) is 13.8. The van der Waals surface area contributed by atoms with Gasteiger partial charge in [0.05, 0.1) is 0 Å². The van der Waals surface area contributed by atoms with E-state index in [-0.39, 0.29) is 5.56 Å². The molecule has 0 fully saturated rings. The SMILES string of the molecule is CCc1cc([C@H](N)C(F)(F)F)cc(CC)c1N. The van der Waals surface area contributed by atoms with E-state index in [4.69, 9.17) is 11.5 Å². The molecule has 0 bridgehead atoms. The molecular formula is C12H17F3N2. The van der Waals surface area contributed by atoms with Gasteiger partial charge < -0.3 is 11.5 Å². The number of rotatable bonds is 3. The van der Waals surface area contributed by atoms with Crippen LogP contribution in [0.15, 0.2) is 12.1 Å². The smallest absolute Gasteiger partial charge is 0.398 e. The number of nitrogens with two attached hydrogens (primary N) is 2. The van der Waals surface area contributed by atoms with Crippen LogP contribution in [0.2, 0.25) is 0 Å². The van der Waals surface area contributed by atoms with Crippen LogP contribution in [0.5, 0.6) is 0 Å². The first-order chi connectivity index (χ1) is 7.81. The van der Waals surface area contributed by atoms with Gasteiger partial charge >= 0.3 is 6.18 Å². The summed E-state index contributed by atoms with van der Waals surface area (Å²) in [7, 11) is 0. The first-order valence-corrected chi connectivity index (χ1v) is 5.54. The normalized spacial score (nSPS) is 13.8. The van der Waals surface area contributed by atoms with Gasteiger partial charge in [-0.3, -0.25) is 0 Å². The molecular weight excluding hydrogens is 229 g/mol. The van der Waals surface area contributed by atoms with Crippen LogP contribution in [0, 0.1) is 0 Å². The third-order valence-corrected chi connectivity index (χ3v) is 2.85. The van der Waals surface area contributed by atoms with E-state index >= 15 is 0 Å². The van der Waals surface area contributed by atoms with Gasteiger partial charge in [0, 0.05) is 5.69 Å². The molecule has 1 atom stereocenters. The summed E-state index contributed by atoms with van der Waals surface area (Å²) in [6, 6.07) is 0.956. The van der Waals surface area contributed by atoms with E-state index in [2.05, 4.69) is 0 Å². The predicted octanol–water partition coefficient (Wildman–Crippen LogP) is 2.96. The van der Waals surface area contributed by atoms with Gasteiger partial charge in [-0.05, 0) is 29.5 Å². The van der Waals surface area contributed by atoms with Crippen molar-refractivity contribution in [3.63, 3.8) is 0 Å². The molecule has 5 heteroatoms. The van der Waals surface area contributed by atoms with E-state index in [0.29, 0.717) is 18.5 Å². The number of alkyl halides is 3. The monoisotopic (exact) mass is 246 g/mol. The summed E-state index contributed by atoms with van der Waals surface area (Å²) in [5.41, 5.74) is 13.2. The Morgan fingerprint density at radius 2 is 1.53 bits per heavy atom. The number of benzene rings is 1. The van der Waals surface area contributed by atoms with Crippen LogP contribution in [-0.4, -0.2) is 6.18 Å². The lowest BCUT2D eigenvalue weighted by molar-refractivity contribution is -0.149. The molecule has 1 aromatic carbocycles. The highest BCUT2D eigenvalue weighted by molar-refractivity contribution is 5.56. The van der Waals surface area contributed by atoms with Crippen molar-refractivity contribution in [3.05, 3.63) is 28.8 Å². The maximum Gasteiger partial charge on any atom is 0.407 e. The fourth-order valence-corrected chi connectivity index (χ4v) is 1.76. The summed E-state index contributed by atoms with van der Waals surface area (Å²) in [4.78, 5) is 0. The van der Waals surface area contributed by atoms with E-state index in [1.807, 2.05) is 13.8 Å². The van der Waals surface area contributed by atoms with E-state index in [0.717, 1.165) is 11.1 Å². The van der Waals surface area contributed by atoms with Crippen LogP contribution >= 0.6 is 0 Å². The van der Waals surface area contributed by atoms with Crippen molar-refractivity contribution in [1.29, 1.82) is 0 Å². The summed E-state index contributed by atoms with van der Waals surface area (Å²) in [6.07, 6.45) is -3.24. The summed E-state index contributed by atoms with van der Waals surface area (Å²) in [5, 5.41) is 0. The molecule has 0 aliphatic rings. The first-order valence-electron chi connectivity index (χ1n) is 5.54. The maximum absolute atomic E-state index is 12.6. The average molecular weight is 246 g/mol. The number of nitrogen functional groups attached to an aromatic ring is 1. The van der Waals surface area contributed by atoms with E-state index in [1.165, 1.54) is 12.1 Å². The van der Waals surface area contributed by atoms with Crippen molar-refractivity contribution >= 4 is 5.69 Å². The molecule has 0 aliphatic carbocycles. The molecule has 0 spiro atoms. The van der Waals surface area contributed by atoms with Crippen molar-refractivity contribution < 1.29 is 13.2 Å². The van der Waals surface area contributed by atoms with Gasteiger partial charge in [0.2, 0.25) is 0 Å². The third-order valence-electron chi connectivity index (χ3n) is 2.85. The molecule has 0 unspecified atom stereocenters. The molecule has 0 saturated carbocycles. The van der Waals surface area contributed by atoms with Gasteiger partial charge in [-0.25, -0.2) is 0 Å². The molecule has 0 aromatic heterocycles. The number of halogens is 3. The predicted molar refractivity (Wildman–Crippen MR) is 62.6 cm³/mol. The Kier molecular flexibility index (Phi) is 4.03. The third kappa shape index (κ3) is 2.91. The zero-order valence-electron chi connectivity index (χ0n) is 9.93. The van der Waals surface area contributed by atoms with Crippen LogP contribution < -0.4 is 11.5 Å². The van der Waals surface area contributed by atoms with Crippen LogP contribution in [-0.2, 0) is 12.8 Å². The Morgan fingerprint density at radius 3 is 1.82 bits per heavy atom. The second-order valence-corrected chi connectivity index (χ2v) is 3.98. The zero-order valence-corrected chi connectivity index (χ0v) is 9.93. The summed E-state index contributed by atoms with van der Waals surface area (Å²) in [6.45, 7) is 3.71. The highest BCUT2D eigenvalue weighted by Gasteiger charge is 2.38. The standard InChI is InChI=1S/C12H17F3N2/c1-3-7-5-9(11(17)12(13,14)15)6-8(4-2)10(7)16/h5-6,11H,3-4,16-17H2,1-2H3/t11-/m0/s1. The zero-order chi connectivity index (χ0) is 13.2. The Morgan fingerprint density at radius 1 is 1.12 bits per heavy atom. The second kappa shape index (κ2) is 4.96. The molecule has 2 nitrogen and oxygen atoms in total. The van der Waals surface area contributed by atoms with Crippen LogP contribution in [0.3, 0.4) is 0 Å². The van der Waals surface area contributed by atoms with E-state index in [1.54, 1.807) is 0 Å². The molecule has 0 radical (unpaired) electrons. The highest BCUT2D eigenvalue weighted by atomic mass is 19.4. The maximum atomic E-state index is 12.6. The summed E-state index contributed by atoms with van der Waals surface area (Å²) in [5.74, 6) is 0. The minimum absolute atomic E-state index is 0.0837. The van der Waals surface area contributed by atoms with E-state index < -0.39 is 12.2 Å². The number of anilines is 1. The van der Waals surface area contributed by atoms with Crippen molar-refractivity contribution in [2.24, 2.45) is 5.73 Å². The average Bonchev–Trinajstić information content (AvgIpc) is 2.27. The topological polar surface area (TPSA) is 52.0 Å². The molecule has 1 rings (SSSR count). The van der Waals surface area contributed by atoms with Crippen molar-refractivity contribution in [2.75, 3.05) is 5.73 Å². The number of hydrogen-bond acceptors (Lipinski definition) is 2. The highest BCUT2D eigenvalue weighted by Crippen LogP contribution is 2.33. The Balaban J connectivity index is 3.27. The molecule has 96 valence electrons. The van der Waals surface area contributed by atoms with Gasteiger partial charge in [0.25, 0.3) is 0 Å². The lowest BCUT2D eigenvalue weighted by atomic mass is 9.96. The molecule has 17 heavy (non-hydrogen) atoms.